The summed E-state index contributed by atoms with van der Waals surface area (Å²) in [5, 5.41) is 6.12. The van der Waals surface area contributed by atoms with E-state index in [2.05, 4.69) is 10.6 Å². The van der Waals surface area contributed by atoms with E-state index in [1.54, 1.807) is 24.3 Å². The van der Waals surface area contributed by atoms with E-state index in [0.717, 1.165) is 0 Å². The van der Waals surface area contributed by atoms with Crippen molar-refractivity contribution in [1.82, 2.24) is 10.6 Å². The first-order chi connectivity index (χ1) is 10.1. The van der Waals surface area contributed by atoms with E-state index < -0.39 is 11.5 Å². The molecule has 2 N–H and O–H groups in total. The Morgan fingerprint density at radius 3 is 2.86 bits per heavy atom. The molecule has 6 nitrogen and oxygen atoms in total. The molecule has 0 radical (unpaired) electrons. The summed E-state index contributed by atoms with van der Waals surface area (Å²) >= 11 is 0. The van der Waals surface area contributed by atoms with Crippen LogP contribution >= 0.6 is 0 Å². The molecular weight excluding hydrogens is 272 g/mol. The molecule has 1 aromatic heterocycles. The third-order valence-electron chi connectivity index (χ3n) is 3.49. The first kappa shape index (κ1) is 13.4. The summed E-state index contributed by atoms with van der Waals surface area (Å²) in [5.74, 6) is -0.499. The molecule has 1 unspecified atom stereocenters. The number of carbonyl (C=O) groups excluding carboxylic acids is 2. The third-order valence-corrected chi connectivity index (χ3v) is 3.49. The number of nitrogens with one attached hydrogen (secondary N) is 2. The molecule has 3 rings (SSSR count). The zero-order valence-electron chi connectivity index (χ0n) is 11.2. The van der Waals surface area contributed by atoms with Crippen molar-refractivity contribution in [2.24, 2.45) is 0 Å². The van der Waals surface area contributed by atoms with Gasteiger partial charge in [-0.1, -0.05) is 18.2 Å². The molecule has 0 saturated carbocycles. The minimum absolute atomic E-state index is 0.0225. The molecule has 1 atom stereocenters. The quantitative estimate of drug-likeness (QED) is 0.799. The summed E-state index contributed by atoms with van der Waals surface area (Å²) in [5.41, 5.74) is -0.236. The highest BCUT2D eigenvalue weighted by molar-refractivity contribution is 5.96. The van der Waals surface area contributed by atoms with E-state index in [4.69, 9.17) is 4.42 Å². The van der Waals surface area contributed by atoms with Gasteiger partial charge in [-0.05, 0) is 18.6 Å². The van der Waals surface area contributed by atoms with E-state index in [0.29, 0.717) is 30.4 Å². The molecule has 21 heavy (non-hydrogen) atoms. The Morgan fingerprint density at radius 1 is 1.29 bits per heavy atom. The highest BCUT2D eigenvalue weighted by Crippen LogP contribution is 2.13. The van der Waals surface area contributed by atoms with E-state index in [9.17, 15) is 14.4 Å². The van der Waals surface area contributed by atoms with Gasteiger partial charge in [0.25, 0.3) is 5.91 Å². The van der Waals surface area contributed by atoms with Crippen LogP contribution in [0.15, 0.2) is 39.5 Å². The summed E-state index contributed by atoms with van der Waals surface area (Å²) in [4.78, 5) is 35.1. The number of amides is 2. The second-order valence-corrected chi connectivity index (χ2v) is 5.00. The number of benzene rings is 1. The Labute approximate surface area is 120 Å². The molecule has 108 valence electrons. The van der Waals surface area contributed by atoms with Gasteiger partial charge in [0.2, 0.25) is 5.91 Å². The normalized spacial score (nSPS) is 18.3. The zero-order valence-corrected chi connectivity index (χ0v) is 11.2. The molecule has 0 spiro atoms. The fourth-order valence-electron chi connectivity index (χ4n) is 2.34. The van der Waals surface area contributed by atoms with Crippen LogP contribution in [-0.4, -0.2) is 24.4 Å². The lowest BCUT2D eigenvalue weighted by molar-refractivity contribution is -0.122. The van der Waals surface area contributed by atoms with Crippen LogP contribution in [0.4, 0.5) is 0 Å². The topological polar surface area (TPSA) is 88.4 Å². The number of piperidine rings is 1. The van der Waals surface area contributed by atoms with Crippen molar-refractivity contribution in [3.8, 4) is 0 Å². The molecular formula is C15H14N2O4. The van der Waals surface area contributed by atoms with Crippen LogP contribution in [-0.2, 0) is 4.79 Å². The van der Waals surface area contributed by atoms with Crippen molar-refractivity contribution in [3.05, 3.63) is 46.3 Å². The summed E-state index contributed by atoms with van der Waals surface area (Å²) < 4.78 is 5.13. The highest BCUT2D eigenvalue weighted by Gasteiger charge is 2.22. The van der Waals surface area contributed by atoms with Crippen LogP contribution in [0.25, 0.3) is 11.0 Å². The van der Waals surface area contributed by atoms with Gasteiger partial charge in [-0.15, -0.1) is 0 Å². The summed E-state index contributed by atoms with van der Waals surface area (Å²) in [6.45, 7) is 0.378. The standard InChI is InChI=1S/C15H14N2O4/c18-13-6-5-10(8-16-13)17-14(19)11-7-9-3-1-2-4-12(9)21-15(11)20/h1-4,7,10H,5-6,8H2,(H,16,18)(H,17,19). The minimum Gasteiger partial charge on any atom is -0.422 e. The SMILES string of the molecule is O=C1CCC(NC(=O)c2cc3ccccc3oc2=O)CN1. The molecule has 6 heteroatoms. The Bertz CT molecular complexity index is 756. The van der Waals surface area contributed by atoms with E-state index >= 15 is 0 Å². The van der Waals surface area contributed by atoms with Crippen molar-refractivity contribution >= 4 is 22.8 Å². The van der Waals surface area contributed by atoms with Gasteiger partial charge in [-0.25, -0.2) is 4.79 Å². The number of fused-ring (bicyclic) bond motifs is 1. The first-order valence-electron chi connectivity index (χ1n) is 6.74. The smallest absolute Gasteiger partial charge is 0.349 e. The fraction of sp³-hybridized carbons (Fsp3) is 0.267. The van der Waals surface area contributed by atoms with Gasteiger partial charge in [-0.3, -0.25) is 9.59 Å². The van der Waals surface area contributed by atoms with Gasteiger partial charge in [-0.2, -0.15) is 0 Å². The predicted octanol–water partition coefficient (Wildman–Crippen LogP) is 0.801. The average Bonchev–Trinajstić information content (AvgIpc) is 2.49. The van der Waals surface area contributed by atoms with Crippen LogP contribution in [0.3, 0.4) is 0 Å². The van der Waals surface area contributed by atoms with Crippen molar-refractivity contribution in [1.29, 1.82) is 0 Å². The van der Waals surface area contributed by atoms with Crippen molar-refractivity contribution in [2.45, 2.75) is 18.9 Å². The average molecular weight is 286 g/mol. The number of hydrogen-bond donors (Lipinski definition) is 2. The lowest BCUT2D eigenvalue weighted by Gasteiger charge is -2.23. The first-order valence-corrected chi connectivity index (χ1v) is 6.74. The molecule has 0 bridgehead atoms. The molecule has 1 fully saturated rings. The van der Waals surface area contributed by atoms with Gasteiger partial charge in [0, 0.05) is 24.4 Å². The fourth-order valence-corrected chi connectivity index (χ4v) is 2.34. The van der Waals surface area contributed by atoms with Crippen LogP contribution in [0.1, 0.15) is 23.2 Å². The molecule has 2 aromatic rings. The van der Waals surface area contributed by atoms with Gasteiger partial charge >= 0.3 is 5.63 Å². The van der Waals surface area contributed by atoms with Gasteiger partial charge < -0.3 is 15.1 Å². The lowest BCUT2D eigenvalue weighted by Crippen LogP contribution is -2.48. The summed E-state index contributed by atoms with van der Waals surface area (Å²) in [6.07, 6.45) is 0.938. The lowest BCUT2D eigenvalue weighted by atomic mass is 10.1. The van der Waals surface area contributed by atoms with Gasteiger partial charge in [0.05, 0.1) is 0 Å². The molecule has 0 aliphatic carbocycles. The molecule has 2 heterocycles. The van der Waals surface area contributed by atoms with E-state index in [1.807, 2.05) is 0 Å². The summed E-state index contributed by atoms with van der Waals surface area (Å²) in [7, 11) is 0. The Hall–Kier alpha value is -2.63. The summed E-state index contributed by atoms with van der Waals surface area (Å²) in [6, 6.07) is 8.38. The maximum atomic E-state index is 12.2. The maximum Gasteiger partial charge on any atom is 0.349 e. The second kappa shape index (κ2) is 5.40. The largest absolute Gasteiger partial charge is 0.422 e. The number of carbonyl (C=O) groups is 2. The second-order valence-electron chi connectivity index (χ2n) is 5.00. The van der Waals surface area contributed by atoms with E-state index in [-0.39, 0.29) is 17.5 Å². The Kier molecular flexibility index (Phi) is 3.43. The molecule has 1 aliphatic rings. The predicted molar refractivity (Wildman–Crippen MR) is 76.0 cm³/mol. The van der Waals surface area contributed by atoms with E-state index in [1.165, 1.54) is 6.07 Å². The Morgan fingerprint density at radius 2 is 2.10 bits per heavy atom. The number of para-hydroxylation sites is 1. The monoisotopic (exact) mass is 286 g/mol. The zero-order chi connectivity index (χ0) is 14.8. The van der Waals surface area contributed by atoms with Gasteiger partial charge in [0.1, 0.15) is 11.1 Å². The minimum atomic E-state index is -0.661. The number of rotatable bonds is 2. The number of hydrogen-bond acceptors (Lipinski definition) is 4. The van der Waals surface area contributed by atoms with Crippen LogP contribution in [0.5, 0.6) is 0 Å². The van der Waals surface area contributed by atoms with Crippen molar-refractivity contribution in [2.75, 3.05) is 6.54 Å². The molecule has 2 amide bonds. The third kappa shape index (κ3) is 2.79. The highest BCUT2D eigenvalue weighted by atomic mass is 16.4. The molecule has 1 aliphatic heterocycles. The molecule has 1 saturated heterocycles. The van der Waals surface area contributed by atoms with Gasteiger partial charge in [0.15, 0.2) is 0 Å². The van der Waals surface area contributed by atoms with Crippen molar-refractivity contribution in [3.63, 3.8) is 0 Å². The van der Waals surface area contributed by atoms with Crippen molar-refractivity contribution < 1.29 is 14.0 Å². The van der Waals surface area contributed by atoms with Crippen LogP contribution < -0.4 is 16.3 Å². The van der Waals surface area contributed by atoms with Crippen LogP contribution in [0.2, 0.25) is 0 Å². The van der Waals surface area contributed by atoms with Crippen LogP contribution in [0, 0.1) is 0 Å². The maximum absolute atomic E-state index is 12.2. The Balaban J connectivity index is 1.82. The molecule has 1 aromatic carbocycles.